The molecule has 3 rings (SSSR count). The van der Waals surface area contributed by atoms with E-state index < -0.39 is 10.0 Å². The lowest BCUT2D eigenvalue weighted by Crippen LogP contribution is -2.33. The average Bonchev–Trinajstić information content (AvgIpc) is 2.86. The van der Waals surface area contributed by atoms with Crippen molar-refractivity contribution in [2.75, 3.05) is 19.3 Å². The van der Waals surface area contributed by atoms with Gasteiger partial charge in [-0.1, -0.05) is 19.9 Å². The van der Waals surface area contributed by atoms with Gasteiger partial charge < -0.3 is 4.57 Å². The fraction of sp³-hybridized carbons (Fsp3) is 0.611. The molecule has 0 aliphatic carbocycles. The fourth-order valence-corrected chi connectivity index (χ4v) is 4.25. The van der Waals surface area contributed by atoms with Crippen molar-refractivity contribution in [2.45, 2.75) is 46.3 Å². The zero-order valence-electron chi connectivity index (χ0n) is 16.4. The van der Waals surface area contributed by atoms with Crippen LogP contribution in [0, 0.1) is 12.8 Å². The third-order valence-electron chi connectivity index (χ3n) is 4.76. The van der Waals surface area contributed by atoms with Crippen LogP contribution in [0.1, 0.15) is 42.9 Å². The van der Waals surface area contributed by atoms with Crippen molar-refractivity contribution in [3.8, 4) is 0 Å². The summed E-state index contributed by atoms with van der Waals surface area (Å²) >= 11 is 0. The molecule has 9 heteroatoms. The van der Waals surface area contributed by atoms with Crippen LogP contribution in [0.25, 0.3) is 0 Å². The van der Waals surface area contributed by atoms with Crippen LogP contribution in [0.5, 0.6) is 0 Å². The van der Waals surface area contributed by atoms with Gasteiger partial charge in [-0.05, 0) is 25.0 Å². The molecule has 0 aromatic carbocycles. The molecule has 0 fully saturated rings. The van der Waals surface area contributed by atoms with E-state index >= 15 is 0 Å². The minimum atomic E-state index is -3.34. The lowest BCUT2D eigenvalue weighted by atomic mass is 10.1. The Labute approximate surface area is 161 Å². The SMILES string of the molecule is Cc1cccc(CN2CCc3nnc([C@@H](NS(C)(=O)=O)C(C)C)n3CC2)n1. The van der Waals surface area contributed by atoms with E-state index in [1.807, 2.05) is 39.0 Å². The standard InChI is InChI=1S/C18H28N6O2S/c1-13(2)17(22-27(4,25)26)18-21-20-16-8-9-23(10-11-24(16)18)12-15-7-5-6-14(3)19-15/h5-7,13,17,22H,8-12H2,1-4H3/t17-/m0/s1. The summed E-state index contributed by atoms with van der Waals surface area (Å²) in [6, 6.07) is 5.70. The first-order valence-electron chi connectivity index (χ1n) is 9.27. The van der Waals surface area contributed by atoms with Gasteiger partial charge in [0.2, 0.25) is 10.0 Å². The second-order valence-electron chi connectivity index (χ2n) is 7.53. The number of aryl methyl sites for hydroxylation is 1. The Kier molecular flexibility index (Phi) is 5.92. The summed E-state index contributed by atoms with van der Waals surface area (Å²) in [6.07, 6.45) is 1.96. The second-order valence-corrected chi connectivity index (χ2v) is 9.31. The molecule has 3 heterocycles. The number of nitrogens with zero attached hydrogens (tertiary/aromatic N) is 5. The normalized spacial score (nSPS) is 16.9. The van der Waals surface area contributed by atoms with E-state index in [1.165, 1.54) is 6.26 Å². The average molecular weight is 393 g/mol. The second kappa shape index (κ2) is 8.04. The zero-order chi connectivity index (χ0) is 19.6. The van der Waals surface area contributed by atoms with Gasteiger partial charge in [0.05, 0.1) is 18.0 Å². The van der Waals surface area contributed by atoms with E-state index in [2.05, 4.69) is 29.4 Å². The number of hydrogen-bond donors (Lipinski definition) is 1. The molecule has 0 radical (unpaired) electrons. The lowest BCUT2D eigenvalue weighted by molar-refractivity contribution is 0.265. The predicted octanol–water partition coefficient (Wildman–Crippen LogP) is 1.29. The van der Waals surface area contributed by atoms with Crippen LogP contribution in [-0.2, 0) is 29.5 Å². The van der Waals surface area contributed by atoms with E-state index in [4.69, 9.17) is 0 Å². The van der Waals surface area contributed by atoms with Crippen molar-refractivity contribution in [1.82, 2.24) is 29.4 Å². The van der Waals surface area contributed by atoms with Gasteiger partial charge in [0.25, 0.3) is 0 Å². The van der Waals surface area contributed by atoms with Gasteiger partial charge in [0, 0.05) is 38.3 Å². The van der Waals surface area contributed by atoms with Crippen LogP contribution in [-0.4, -0.2) is 52.4 Å². The molecule has 1 aliphatic rings. The van der Waals surface area contributed by atoms with Crippen molar-refractivity contribution in [3.63, 3.8) is 0 Å². The third-order valence-corrected chi connectivity index (χ3v) is 5.45. The van der Waals surface area contributed by atoms with E-state index in [0.717, 1.165) is 49.8 Å². The fourth-order valence-electron chi connectivity index (χ4n) is 3.41. The summed E-state index contributed by atoms with van der Waals surface area (Å²) < 4.78 is 28.3. The van der Waals surface area contributed by atoms with E-state index in [-0.39, 0.29) is 12.0 Å². The monoisotopic (exact) mass is 392 g/mol. The summed E-state index contributed by atoms with van der Waals surface area (Å²) in [5.74, 6) is 1.68. The topological polar surface area (TPSA) is 93.0 Å². The summed E-state index contributed by atoms with van der Waals surface area (Å²) in [5, 5.41) is 8.66. The highest BCUT2D eigenvalue weighted by molar-refractivity contribution is 7.88. The number of hydrogen-bond acceptors (Lipinski definition) is 6. The van der Waals surface area contributed by atoms with Gasteiger partial charge in [-0.25, -0.2) is 13.1 Å². The predicted molar refractivity (Wildman–Crippen MR) is 104 cm³/mol. The quantitative estimate of drug-likeness (QED) is 0.796. The van der Waals surface area contributed by atoms with Crippen LogP contribution >= 0.6 is 0 Å². The molecule has 27 heavy (non-hydrogen) atoms. The van der Waals surface area contributed by atoms with Gasteiger partial charge >= 0.3 is 0 Å². The number of fused-ring (bicyclic) bond motifs is 1. The summed E-state index contributed by atoms with van der Waals surface area (Å²) in [4.78, 5) is 6.95. The molecule has 1 atom stereocenters. The number of sulfonamides is 1. The van der Waals surface area contributed by atoms with Gasteiger partial charge in [-0.2, -0.15) is 0 Å². The van der Waals surface area contributed by atoms with Crippen LogP contribution in [0.4, 0.5) is 0 Å². The summed E-state index contributed by atoms with van der Waals surface area (Å²) in [5.41, 5.74) is 2.08. The Bertz CT molecular complexity index is 893. The first kappa shape index (κ1) is 19.9. The Balaban J connectivity index is 1.76. The van der Waals surface area contributed by atoms with Crippen LogP contribution < -0.4 is 4.72 Å². The molecule has 0 saturated carbocycles. The highest BCUT2D eigenvalue weighted by Crippen LogP contribution is 2.23. The van der Waals surface area contributed by atoms with Crippen molar-refractivity contribution in [1.29, 1.82) is 0 Å². The van der Waals surface area contributed by atoms with Crippen molar-refractivity contribution in [3.05, 3.63) is 41.2 Å². The molecule has 0 saturated heterocycles. The molecule has 0 bridgehead atoms. The molecule has 1 aliphatic heterocycles. The molecule has 148 valence electrons. The molecular weight excluding hydrogens is 364 g/mol. The van der Waals surface area contributed by atoms with Gasteiger partial charge in [-0.3, -0.25) is 9.88 Å². The highest BCUT2D eigenvalue weighted by atomic mass is 32.2. The third kappa shape index (κ3) is 5.12. The van der Waals surface area contributed by atoms with Crippen molar-refractivity contribution < 1.29 is 8.42 Å². The van der Waals surface area contributed by atoms with Gasteiger partial charge in [-0.15, -0.1) is 10.2 Å². The first-order chi connectivity index (χ1) is 12.7. The molecule has 0 spiro atoms. The van der Waals surface area contributed by atoms with Gasteiger partial charge in [0.1, 0.15) is 5.82 Å². The van der Waals surface area contributed by atoms with Crippen LogP contribution in [0.3, 0.4) is 0 Å². The largest absolute Gasteiger partial charge is 0.312 e. The smallest absolute Gasteiger partial charge is 0.209 e. The van der Waals surface area contributed by atoms with E-state index in [0.29, 0.717) is 5.82 Å². The minimum Gasteiger partial charge on any atom is -0.312 e. The molecule has 0 unspecified atom stereocenters. The highest BCUT2D eigenvalue weighted by Gasteiger charge is 2.28. The molecule has 0 amide bonds. The number of nitrogens with one attached hydrogen (secondary N) is 1. The van der Waals surface area contributed by atoms with Gasteiger partial charge in [0.15, 0.2) is 5.82 Å². The maximum Gasteiger partial charge on any atom is 0.209 e. The van der Waals surface area contributed by atoms with Crippen LogP contribution in [0.2, 0.25) is 0 Å². The maximum atomic E-state index is 11.8. The minimum absolute atomic E-state index is 0.0730. The first-order valence-corrected chi connectivity index (χ1v) is 11.2. The Morgan fingerprint density at radius 2 is 1.96 bits per heavy atom. The summed E-state index contributed by atoms with van der Waals surface area (Å²) in [7, 11) is -3.34. The molecule has 1 N–H and O–H groups in total. The number of aromatic nitrogens is 4. The van der Waals surface area contributed by atoms with Crippen molar-refractivity contribution >= 4 is 10.0 Å². The Hall–Kier alpha value is -1.84. The Morgan fingerprint density at radius 3 is 2.63 bits per heavy atom. The number of rotatable bonds is 6. The number of pyridine rings is 1. The zero-order valence-corrected chi connectivity index (χ0v) is 17.2. The molecular formula is C18H28N6O2S. The molecule has 2 aromatic heterocycles. The molecule has 8 nitrogen and oxygen atoms in total. The Morgan fingerprint density at radius 1 is 1.19 bits per heavy atom. The van der Waals surface area contributed by atoms with E-state index in [1.54, 1.807) is 0 Å². The van der Waals surface area contributed by atoms with Crippen molar-refractivity contribution in [2.24, 2.45) is 5.92 Å². The van der Waals surface area contributed by atoms with E-state index in [9.17, 15) is 8.42 Å². The maximum absolute atomic E-state index is 11.8. The molecule has 2 aromatic rings. The van der Waals surface area contributed by atoms with Crippen LogP contribution in [0.15, 0.2) is 18.2 Å². The summed E-state index contributed by atoms with van der Waals surface area (Å²) in [6.45, 7) is 9.22. The lowest BCUT2D eigenvalue weighted by Gasteiger charge is -2.22.